The summed E-state index contributed by atoms with van der Waals surface area (Å²) in [7, 11) is 1.85. The number of aromatic nitrogens is 3. The van der Waals surface area contributed by atoms with Gasteiger partial charge in [0.2, 0.25) is 0 Å². The molecule has 6 heteroatoms. The highest BCUT2D eigenvalue weighted by Crippen LogP contribution is 2.25. The van der Waals surface area contributed by atoms with Crippen LogP contribution in [0.15, 0.2) is 29.0 Å². The van der Waals surface area contributed by atoms with Crippen LogP contribution in [0.25, 0.3) is 0 Å². The maximum atomic E-state index is 6.07. The molecule has 1 N–H and O–H groups in total. The Morgan fingerprint density at radius 2 is 2.31 bits per heavy atom. The predicted octanol–water partition coefficient (Wildman–Crippen LogP) is 2.84. The average Bonchev–Trinajstić information content (AvgIpc) is 2.63. The van der Waals surface area contributed by atoms with Crippen LogP contribution in [0.5, 0.6) is 0 Å². The van der Waals surface area contributed by atoms with Crippen molar-refractivity contribution in [1.82, 2.24) is 14.8 Å². The minimum atomic E-state index is 0.595. The Hall–Kier alpha value is -1.07. The van der Waals surface area contributed by atoms with Crippen molar-refractivity contribution in [2.75, 3.05) is 5.32 Å². The lowest BCUT2D eigenvalue weighted by Gasteiger charge is -2.07. The Labute approximate surface area is 107 Å². The Bertz CT molecular complexity index is 497. The maximum absolute atomic E-state index is 6.07. The highest BCUT2D eigenvalue weighted by atomic mass is 79.9. The topological polar surface area (TPSA) is 42.7 Å². The number of anilines is 1. The number of hydrogen-bond donors (Lipinski definition) is 1. The smallest absolute Gasteiger partial charge is 0.145 e. The summed E-state index contributed by atoms with van der Waals surface area (Å²) in [6, 6.07) is 5.70. The summed E-state index contributed by atoms with van der Waals surface area (Å²) >= 11 is 9.43. The minimum Gasteiger partial charge on any atom is -0.377 e. The number of benzene rings is 1. The van der Waals surface area contributed by atoms with Gasteiger partial charge in [0, 0.05) is 11.5 Å². The Kier molecular flexibility index (Phi) is 3.46. The first kappa shape index (κ1) is 11.4. The molecule has 0 saturated heterocycles. The second-order valence-electron chi connectivity index (χ2n) is 3.28. The third-order valence-electron chi connectivity index (χ3n) is 2.17. The molecule has 1 aromatic heterocycles. The third-order valence-corrected chi connectivity index (χ3v) is 2.98. The molecule has 2 aromatic rings. The fourth-order valence-corrected chi connectivity index (χ4v) is 2.03. The minimum absolute atomic E-state index is 0.595. The molecule has 0 bridgehead atoms. The highest BCUT2D eigenvalue weighted by molar-refractivity contribution is 9.10. The number of hydrogen-bond acceptors (Lipinski definition) is 3. The largest absolute Gasteiger partial charge is 0.377 e. The van der Waals surface area contributed by atoms with Crippen molar-refractivity contribution in [3.63, 3.8) is 0 Å². The molecule has 0 spiro atoms. The summed E-state index contributed by atoms with van der Waals surface area (Å²) < 4.78 is 2.68. The lowest BCUT2D eigenvalue weighted by Crippen LogP contribution is -2.06. The van der Waals surface area contributed by atoms with E-state index in [0.29, 0.717) is 11.6 Å². The van der Waals surface area contributed by atoms with Crippen LogP contribution >= 0.6 is 27.5 Å². The molecule has 0 fully saturated rings. The average molecular weight is 302 g/mol. The molecule has 0 radical (unpaired) electrons. The van der Waals surface area contributed by atoms with Gasteiger partial charge in [-0.2, -0.15) is 5.10 Å². The van der Waals surface area contributed by atoms with Crippen molar-refractivity contribution in [3.8, 4) is 0 Å². The van der Waals surface area contributed by atoms with E-state index in [1.807, 2.05) is 25.2 Å². The van der Waals surface area contributed by atoms with Crippen LogP contribution in [0.2, 0.25) is 5.02 Å². The van der Waals surface area contributed by atoms with Crippen molar-refractivity contribution >= 4 is 33.2 Å². The fraction of sp³-hybridized carbons (Fsp3) is 0.200. The zero-order chi connectivity index (χ0) is 11.5. The van der Waals surface area contributed by atoms with E-state index in [4.69, 9.17) is 11.6 Å². The van der Waals surface area contributed by atoms with Gasteiger partial charge in [0.05, 0.1) is 17.3 Å². The molecule has 0 atom stereocenters. The van der Waals surface area contributed by atoms with Crippen LogP contribution in [-0.2, 0) is 13.6 Å². The van der Waals surface area contributed by atoms with Crippen molar-refractivity contribution in [2.24, 2.45) is 7.05 Å². The maximum Gasteiger partial charge on any atom is 0.145 e. The molecule has 16 heavy (non-hydrogen) atoms. The summed E-state index contributed by atoms with van der Waals surface area (Å²) in [5.74, 6) is 0.860. The monoisotopic (exact) mass is 300 g/mol. The lowest BCUT2D eigenvalue weighted by atomic mass is 10.3. The van der Waals surface area contributed by atoms with Gasteiger partial charge in [0.25, 0.3) is 0 Å². The summed E-state index contributed by atoms with van der Waals surface area (Å²) in [6.07, 6.45) is 1.53. The molecule has 0 amide bonds. The number of nitrogens with zero attached hydrogens (tertiary/aromatic N) is 3. The second kappa shape index (κ2) is 4.84. The molecule has 84 valence electrons. The standard InChI is InChI=1S/C10H10BrClN4/c1-16-10(14-6-15-16)5-13-9-3-2-7(11)4-8(9)12/h2-4,6,13H,5H2,1H3. The van der Waals surface area contributed by atoms with Gasteiger partial charge in [-0.3, -0.25) is 4.68 Å². The first-order valence-corrected chi connectivity index (χ1v) is 5.85. The van der Waals surface area contributed by atoms with E-state index in [2.05, 4.69) is 31.3 Å². The summed E-state index contributed by atoms with van der Waals surface area (Å²) in [5, 5.41) is 7.88. The number of halogens is 2. The van der Waals surface area contributed by atoms with E-state index >= 15 is 0 Å². The molecule has 0 aliphatic rings. The van der Waals surface area contributed by atoms with Gasteiger partial charge in [-0.1, -0.05) is 27.5 Å². The number of aryl methyl sites for hydroxylation is 1. The fourth-order valence-electron chi connectivity index (χ4n) is 1.29. The molecule has 1 aromatic carbocycles. The Morgan fingerprint density at radius 1 is 1.50 bits per heavy atom. The van der Waals surface area contributed by atoms with Gasteiger partial charge in [0.1, 0.15) is 12.2 Å². The van der Waals surface area contributed by atoms with Gasteiger partial charge in [-0.25, -0.2) is 4.98 Å². The molecule has 4 nitrogen and oxygen atoms in total. The van der Waals surface area contributed by atoms with Crippen LogP contribution in [0.1, 0.15) is 5.82 Å². The summed E-state index contributed by atoms with van der Waals surface area (Å²) in [5.41, 5.74) is 0.882. The van der Waals surface area contributed by atoms with E-state index in [9.17, 15) is 0 Å². The predicted molar refractivity (Wildman–Crippen MR) is 67.5 cm³/mol. The molecule has 0 saturated carbocycles. The van der Waals surface area contributed by atoms with Crippen molar-refractivity contribution in [1.29, 1.82) is 0 Å². The van der Waals surface area contributed by atoms with Gasteiger partial charge < -0.3 is 5.32 Å². The lowest BCUT2D eigenvalue weighted by molar-refractivity contribution is 0.712. The first-order valence-electron chi connectivity index (χ1n) is 4.68. The number of nitrogens with one attached hydrogen (secondary N) is 1. The zero-order valence-corrected chi connectivity index (χ0v) is 11.0. The summed E-state index contributed by atoms with van der Waals surface area (Å²) in [6.45, 7) is 0.595. The molecular formula is C10H10BrClN4. The third kappa shape index (κ3) is 2.54. The second-order valence-corrected chi connectivity index (χ2v) is 4.60. The SMILES string of the molecule is Cn1ncnc1CNc1ccc(Br)cc1Cl. The van der Waals surface area contributed by atoms with E-state index in [1.54, 1.807) is 4.68 Å². The molecule has 0 aliphatic heterocycles. The Morgan fingerprint density at radius 3 is 2.94 bits per heavy atom. The molecule has 2 rings (SSSR count). The van der Waals surface area contributed by atoms with E-state index in [1.165, 1.54) is 6.33 Å². The highest BCUT2D eigenvalue weighted by Gasteiger charge is 2.03. The van der Waals surface area contributed by atoms with Crippen molar-refractivity contribution < 1.29 is 0 Å². The van der Waals surface area contributed by atoms with Gasteiger partial charge in [-0.05, 0) is 18.2 Å². The summed E-state index contributed by atoms with van der Waals surface area (Å²) in [4.78, 5) is 4.12. The zero-order valence-electron chi connectivity index (χ0n) is 8.61. The van der Waals surface area contributed by atoms with Crippen LogP contribution in [0.4, 0.5) is 5.69 Å². The number of rotatable bonds is 3. The molecule has 0 unspecified atom stereocenters. The first-order chi connectivity index (χ1) is 7.66. The normalized spacial score (nSPS) is 10.4. The Balaban J connectivity index is 2.08. The van der Waals surface area contributed by atoms with Crippen LogP contribution in [0, 0.1) is 0 Å². The van der Waals surface area contributed by atoms with Crippen LogP contribution < -0.4 is 5.32 Å². The van der Waals surface area contributed by atoms with Crippen molar-refractivity contribution in [3.05, 3.63) is 39.8 Å². The van der Waals surface area contributed by atoms with E-state index in [0.717, 1.165) is 16.0 Å². The van der Waals surface area contributed by atoms with Gasteiger partial charge in [-0.15, -0.1) is 0 Å². The van der Waals surface area contributed by atoms with Crippen molar-refractivity contribution in [2.45, 2.75) is 6.54 Å². The van der Waals surface area contributed by atoms with Gasteiger partial charge >= 0.3 is 0 Å². The quantitative estimate of drug-likeness (QED) is 0.948. The van der Waals surface area contributed by atoms with Crippen LogP contribution in [-0.4, -0.2) is 14.8 Å². The molecule has 1 heterocycles. The van der Waals surface area contributed by atoms with Crippen LogP contribution in [0.3, 0.4) is 0 Å². The van der Waals surface area contributed by atoms with E-state index < -0.39 is 0 Å². The molecular weight excluding hydrogens is 291 g/mol. The molecule has 0 aliphatic carbocycles. The van der Waals surface area contributed by atoms with E-state index in [-0.39, 0.29) is 0 Å². The van der Waals surface area contributed by atoms with Gasteiger partial charge in [0.15, 0.2) is 0 Å².